The van der Waals surface area contributed by atoms with Crippen molar-refractivity contribution in [2.75, 3.05) is 25.5 Å². The van der Waals surface area contributed by atoms with E-state index in [0.717, 1.165) is 59.1 Å². The second kappa shape index (κ2) is 10.0. The fraction of sp³-hybridized carbons (Fsp3) is 0.346. The maximum Gasteiger partial charge on any atom is 0.179 e. The second-order valence-corrected chi connectivity index (χ2v) is 8.57. The van der Waals surface area contributed by atoms with Crippen LogP contribution in [-0.4, -0.2) is 46.7 Å². The van der Waals surface area contributed by atoms with Gasteiger partial charge in [-0.1, -0.05) is 42.5 Å². The lowest BCUT2D eigenvalue weighted by Crippen LogP contribution is -2.22. The highest BCUT2D eigenvalue weighted by Gasteiger charge is 2.20. The van der Waals surface area contributed by atoms with E-state index in [-0.39, 0.29) is 6.10 Å². The lowest BCUT2D eigenvalue weighted by molar-refractivity contribution is 0.209. The number of fused-ring (bicyclic) bond motifs is 1. The number of aryl methyl sites for hydroxylation is 2. The van der Waals surface area contributed by atoms with Crippen molar-refractivity contribution >= 4 is 16.7 Å². The molecule has 1 N–H and O–H groups in total. The summed E-state index contributed by atoms with van der Waals surface area (Å²) in [4.78, 5) is 1.94. The molecule has 2 heterocycles. The molecule has 7 heteroatoms. The highest BCUT2D eigenvalue weighted by molar-refractivity contribution is 5.92. The molecule has 0 saturated carbocycles. The quantitative estimate of drug-likeness (QED) is 0.385. The van der Waals surface area contributed by atoms with Gasteiger partial charge in [-0.3, -0.25) is 0 Å². The molecular formula is C26H32N6O. The largest absolute Gasteiger partial charge is 0.488 e. The van der Waals surface area contributed by atoms with Gasteiger partial charge in [0.25, 0.3) is 0 Å². The number of hydrogen-bond donors (Lipinski definition) is 1. The summed E-state index contributed by atoms with van der Waals surface area (Å²) in [7, 11) is 3.91. The number of hydrogen-bond acceptors (Lipinski definition) is 6. The topological polar surface area (TPSA) is 68.1 Å². The number of rotatable bonds is 9. The first-order valence-electron chi connectivity index (χ1n) is 11.4. The number of para-hydroxylation sites is 2. The van der Waals surface area contributed by atoms with Crippen LogP contribution in [0, 0.1) is 13.8 Å². The first kappa shape index (κ1) is 22.7. The van der Waals surface area contributed by atoms with E-state index in [1.807, 2.05) is 60.9 Å². The van der Waals surface area contributed by atoms with Gasteiger partial charge in [-0.05, 0) is 51.4 Å². The smallest absolute Gasteiger partial charge is 0.179 e. The lowest BCUT2D eigenvalue weighted by Gasteiger charge is -2.18. The van der Waals surface area contributed by atoms with Crippen molar-refractivity contribution in [3.8, 4) is 11.4 Å². The van der Waals surface area contributed by atoms with Crippen molar-refractivity contribution in [1.29, 1.82) is 0 Å². The fourth-order valence-corrected chi connectivity index (χ4v) is 3.99. The first-order chi connectivity index (χ1) is 16.0. The summed E-state index contributed by atoms with van der Waals surface area (Å²) in [6.45, 7) is 7.89. The Hall–Kier alpha value is -3.45. The normalized spacial score (nSPS) is 12.2. The van der Waals surface area contributed by atoms with E-state index in [0.29, 0.717) is 0 Å². The highest BCUT2D eigenvalue weighted by Crippen LogP contribution is 2.31. The molecule has 7 nitrogen and oxygen atoms in total. The van der Waals surface area contributed by atoms with Crippen LogP contribution in [0.2, 0.25) is 0 Å². The Morgan fingerprint density at radius 3 is 2.48 bits per heavy atom. The van der Waals surface area contributed by atoms with Gasteiger partial charge in [0.15, 0.2) is 5.82 Å². The van der Waals surface area contributed by atoms with Gasteiger partial charge >= 0.3 is 0 Å². The average molecular weight is 445 g/mol. The minimum absolute atomic E-state index is 0.0575. The Morgan fingerprint density at radius 1 is 1.00 bits per heavy atom. The second-order valence-electron chi connectivity index (χ2n) is 8.57. The minimum Gasteiger partial charge on any atom is -0.488 e. The van der Waals surface area contributed by atoms with Crippen LogP contribution in [0.5, 0.6) is 5.75 Å². The summed E-state index contributed by atoms with van der Waals surface area (Å²) >= 11 is 0. The van der Waals surface area contributed by atoms with E-state index in [2.05, 4.69) is 53.6 Å². The number of anilines is 1. The Labute approximate surface area is 195 Å². The maximum absolute atomic E-state index is 6.37. The molecule has 0 spiro atoms. The van der Waals surface area contributed by atoms with Gasteiger partial charge in [-0.15, -0.1) is 5.10 Å². The van der Waals surface area contributed by atoms with Gasteiger partial charge in [0.05, 0.1) is 22.9 Å². The molecule has 0 bridgehead atoms. The predicted molar refractivity (Wildman–Crippen MR) is 133 cm³/mol. The third kappa shape index (κ3) is 4.98. The number of benzene rings is 2. The molecule has 0 fully saturated rings. The first-order valence-corrected chi connectivity index (χ1v) is 11.4. The van der Waals surface area contributed by atoms with E-state index in [4.69, 9.17) is 9.84 Å². The van der Waals surface area contributed by atoms with Crippen molar-refractivity contribution in [2.45, 2.75) is 39.8 Å². The average Bonchev–Trinajstić information content (AvgIpc) is 3.15. The van der Waals surface area contributed by atoms with Gasteiger partial charge in [0.1, 0.15) is 17.0 Å². The van der Waals surface area contributed by atoms with E-state index in [1.54, 1.807) is 0 Å². The molecular weight excluding hydrogens is 412 g/mol. The summed E-state index contributed by atoms with van der Waals surface area (Å²) in [5.74, 6) is 1.57. The highest BCUT2D eigenvalue weighted by atomic mass is 16.5. The molecule has 4 aromatic rings. The van der Waals surface area contributed by atoms with Crippen LogP contribution in [0.3, 0.4) is 0 Å². The predicted octanol–water partition coefficient (Wildman–Crippen LogP) is 4.45. The summed E-state index contributed by atoms with van der Waals surface area (Å²) in [5, 5.41) is 18.1. The van der Waals surface area contributed by atoms with Crippen LogP contribution in [-0.2, 0) is 6.54 Å². The Bertz CT molecular complexity index is 1220. The molecule has 0 aliphatic heterocycles. The molecule has 2 aromatic carbocycles. The van der Waals surface area contributed by atoms with Crippen LogP contribution in [0.25, 0.3) is 16.6 Å². The molecule has 0 aliphatic rings. The molecule has 2 aromatic heterocycles. The van der Waals surface area contributed by atoms with Crippen molar-refractivity contribution in [2.24, 2.45) is 0 Å². The Morgan fingerprint density at radius 2 is 1.73 bits per heavy atom. The summed E-state index contributed by atoms with van der Waals surface area (Å²) < 4.78 is 8.32. The molecule has 0 aliphatic carbocycles. The zero-order valence-electron chi connectivity index (χ0n) is 20.0. The van der Waals surface area contributed by atoms with Crippen molar-refractivity contribution in [3.05, 3.63) is 71.5 Å². The third-order valence-corrected chi connectivity index (χ3v) is 5.73. The van der Waals surface area contributed by atoms with E-state index < -0.39 is 0 Å². The van der Waals surface area contributed by atoms with Gasteiger partial charge in [-0.2, -0.15) is 10.2 Å². The van der Waals surface area contributed by atoms with Gasteiger partial charge in [0, 0.05) is 20.6 Å². The monoisotopic (exact) mass is 444 g/mol. The molecule has 1 unspecified atom stereocenters. The maximum atomic E-state index is 6.37. The SMILES string of the molecule is Cc1nnc(N(C)C)c2nn(-c3ccccc3OC(C)CCNCc3ccccc3)c(C)c12. The van der Waals surface area contributed by atoms with Crippen LogP contribution >= 0.6 is 0 Å². The Balaban J connectivity index is 1.52. The molecule has 33 heavy (non-hydrogen) atoms. The standard InChI is InChI=1S/C26H32N6O/c1-18(15-16-27-17-21-11-7-6-8-12-21)33-23-14-10-9-13-22(23)32-20(3)24-19(2)28-29-26(31(4)5)25(24)30-32/h6-14,18,27H,15-17H2,1-5H3. The van der Waals surface area contributed by atoms with Gasteiger partial charge < -0.3 is 15.0 Å². The zero-order valence-corrected chi connectivity index (χ0v) is 20.0. The molecule has 1 atom stereocenters. The van der Waals surface area contributed by atoms with Crippen LogP contribution < -0.4 is 15.0 Å². The molecule has 0 saturated heterocycles. The minimum atomic E-state index is 0.0575. The summed E-state index contributed by atoms with van der Waals surface area (Å²) in [6.07, 6.45) is 0.959. The van der Waals surface area contributed by atoms with E-state index >= 15 is 0 Å². The van der Waals surface area contributed by atoms with Gasteiger partial charge in [-0.25, -0.2) is 4.68 Å². The summed E-state index contributed by atoms with van der Waals surface area (Å²) in [6, 6.07) is 18.5. The van der Waals surface area contributed by atoms with Crippen molar-refractivity contribution in [3.63, 3.8) is 0 Å². The van der Waals surface area contributed by atoms with Crippen LogP contribution in [0.4, 0.5) is 5.82 Å². The molecule has 4 rings (SSSR count). The van der Waals surface area contributed by atoms with Gasteiger partial charge in [0.2, 0.25) is 0 Å². The number of aromatic nitrogens is 4. The third-order valence-electron chi connectivity index (χ3n) is 5.73. The Kier molecular flexibility index (Phi) is 6.89. The summed E-state index contributed by atoms with van der Waals surface area (Å²) in [5.41, 5.74) is 4.94. The van der Waals surface area contributed by atoms with Crippen LogP contribution in [0.1, 0.15) is 30.3 Å². The zero-order chi connectivity index (χ0) is 23.4. The van der Waals surface area contributed by atoms with E-state index in [1.165, 1.54) is 5.56 Å². The number of nitrogens with one attached hydrogen (secondary N) is 1. The molecule has 0 amide bonds. The fourth-order valence-electron chi connectivity index (χ4n) is 3.99. The van der Waals surface area contributed by atoms with Crippen molar-refractivity contribution < 1.29 is 4.74 Å². The number of ether oxygens (including phenoxy) is 1. The van der Waals surface area contributed by atoms with E-state index in [9.17, 15) is 0 Å². The van der Waals surface area contributed by atoms with Crippen LogP contribution in [0.15, 0.2) is 54.6 Å². The molecule has 172 valence electrons. The number of nitrogens with zero attached hydrogens (tertiary/aromatic N) is 5. The van der Waals surface area contributed by atoms with Crippen molar-refractivity contribution in [1.82, 2.24) is 25.3 Å². The molecule has 0 radical (unpaired) electrons. The lowest BCUT2D eigenvalue weighted by atomic mass is 10.2.